The van der Waals surface area contributed by atoms with E-state index in [0.29, 0.717) is 22.7 Å². The Kier molecular flexibility index (Phi) is 5.51. The average Bonchev–Trinajstić information content (AvgIpc) is 2.93. The first-order chi connectivity index (χ1) is 13.3. The van der Waals surface area contributed by atoms with Gasteiger partial charge in [-0.1, -0.05) is 37.3 Å². The smallest absolute Gasteiger partial charge is 0.282 e. The molecular weight excluding hydrogens is 376 g/mol. The lowest BCUT2D eigenvalue weighted by Crippen LogP contribution is -2.23. The Bertz CT molecular complexity index is 1070. The molecule has 7 nitrogen and oxygen atoms in total. The number of rotatable bonds is 6. The number of hydrogen-bond donors (Lipinski definition) is 2. The van der Waals surface area contributed by atoms with E-state index in [2.05, 4.69) is 22.1 Å². The lowest BCUT2D eigenvalue weighted by atomic mass is 10.1. The fourth-order valence-corrected chi connectivity index (χ4v) is 3.48. The Morgan fingerprint density at radius 1 is 1.07 bits per heavy atom. The number of para-hydroxylation sites is 3. The molecule has 28 heavy (non-hydrogen) atoms. The number of amides is 1. The number of aryl methyl sites for hydroxylation is 1. The lowest BCUT2D eigenvalue weighted by Gasteiger charge is -2.16. The second-order valence-corrected chi connectivity index (χ2v) is 8.16. The van der Waals surface area contributed by atoms with Crippen molar-refractivity contribution >= 4 is 38.7 Å². The van der Waals surface area contributed by atoms with E-state index in [1.165, 1.54) is 5.01 Å². The van der Waals surface area contributed by atoms with Crippen LogP contribution >= 0.6 is 0 Å². The lowest BCUT2D eigenvalue weighted by molar-refractivity contribution is -0.114. The number of benzene rings is 2. The van der Waals surface area contributed by atoms with Crippen molar-refractivity contribution in [3.8, 4) is 0 Å². The largest absolute Gasteiger partial charge is 0.361 e. The van der Waals surface area contributed by atoms with Gasteiger partial charge in [0.25, 0.3) is 5.91 Å². The molecule has 1 heterocycles. The normalized spacial score (nSPS) is 15.7. The molecule has 2 aromatic rings. The van der Waals surface area contributed by atoms with E-state index < -0.39 is 10.0 Å². The van der Waals surface area contributed by atoms with Crippen LogP contribution < -0.4 is 15.0 Å². The number of anilines is 3. The van der Waals surface area contributed by atoms with Crippen molar-refractivity contribution in [2.24, 2.45) is 5.10 Å². The van der Waals surface area contributed by atoms with Gasteiger partial charge in [0.1, 0.15) is 0 Å². The van der Waals surface area contributed by atoms with E-state index in [1.807, 2.05) is 24.3 Å². The summed E-state index contributed by atoms with van der Waals surface area (Å²) in [5, 5.41) is 8.72. The van der Waals surface area contributed by atoms with Crippen LogP contribution in [0, 0.1) is 0 Å². The van der Waals surface area contributed by atoms with Crippen molar-refractivity contribution in [1.29, 1.82) is 0 Å². The summed E-state index contributed by atoms with van der Waals surface area (Å²) in [4.78, 5) is 12.9. The predicted octanol–water partition coefficient (Wildman–Crippen LogP) is 3.34. The maximum absolute atomic E-state index is 12.9. The van der Waals surface area contributed by atoms with Crippen LogP contribution in [-0.2, 0) is 21.2 Å². The monoisotopic (exact) mass is 398 g/mol. The molecule has 146 valence electrons. The van der Waals surface area contributed by atoms with Gasteiger partial charge in [0.05, 0.1) is 28.9 Å². The zero-order valence-corrected chi connectivity index (χ0v) is 16.7. The average molecular weight is 398 g/mol. The number of hydrazone groups is 1. The number of sulfonamides is 1. The molecule has 0 saturated heterocycles. The summed E-state index contributed by atoms with van der Waals surface area (Å²) in [6.07, 6.45) is 3.57. The molecule has 0 saturated carbocycles. The van der Waals surface area contributed by atoms with E-state index in [9.17, 15) is 13.2 Å². The zero-order valence-electron chi connectivity index (χ0n) is 15.9. The Morgan fingerprint density at radius 3 is 2.39 bits per heavy atom. The third kappa shape index (κ3) is 4.23. The van der Waals surface area contributed by atoms with E-state index in [4.69, 9.17) is 0 Å². The summed E-state index contributed by atoms with van der Waals surface area (Å²) in [5.41, 5.74) is 3.69. The Labute approximate surface area is 164 Å². The summed E-state index contributed by atoms with van der Waals surface area (Å²) in [5.74, 6) is -0.332. The Morgan fingerprint density at radius 2 is 1.71 bits per heavy atom. The molecule has 0 fully saturated rings. The van der Waals surface area contributed by atoms with Crippen LogP contribution in [-0.4, -0.2) is 26.3 Å². The molecule has 2 aromatic carbocycles. The number of carbonyl (C=O) groups excluding carboxylic acids is 1. The number of hydrogen-bond acceptors (Lipinski definition) is 5. The van der Waals surface area contributed by atoms with Crippen molar-refractivity contribution in [2.45, 2.75) is 20.3 Å². The topological polar surface area (TPSA) is 90.9 Å². The molecule has 0 bridgehead atoms. The minimum absolute atomic E-state index is 0.292. The SMILES string of the molecule is CCc1ccccc1N/C=C1/C(=O)N(c2ccccc2NS(C)(=O)=O)N=C1C. The first-order valence-corrected chi connectivity index (χ1v) is 10.7. The van der Waals surface area contributed by atoms with Gasteiger partial charge in [-0.15, -0.1) is 0 Å². The van der Waals surface area contributed by atoms with Crippen LogP contribution in [0.15, 0.2) is 65.4 Å². The fraction of sp³-hybridized carbons (Fsp3) is 0.200. The molecule has 0 unspecified atom stereocenters. The van der Waals surface area contributed by atoms with Gasteiger partial charge in [0, 0.05) is 11.9 Å². The molecular formula is C20H22N4O3S. The molecule has 2 N–H and O–H groups in total. The maximum atomic E-state index is 12.9. The van der Waals surface area contributed by atoms with Crippen LogP contribution in [0.2, 0.25) is 0 Å². The highest BCUT2D eigenvalue weighted by Crippen LogP contribution is 2.31. The van der Waals surface area contributed by atoms with Crippen LogP contribution in [0.5, 0.6) is 0 Å². The molecule has 1 aliphatic rings. The molecule has 1 amide bonds. The first-order valence-electron chi connectivity index (χ1n) is 8.81. The maximum Gasteiger partial charge on any atom is 0.282 e. The summed E-state index contributed by atoms with van der Waals surface area (Å²) >= 11 is 0. The molecule has 0 atom stereocenters. The van der Waals surface area contributed by atoms with Gasteiger partial charge in [-0.25, -0.2) is 8.42 Å². The second kappa shape index (κ2) is 7.85. The van der Waals surface area contributed by atoms with Crippen LogP contribution in [0.1, 0.15) is 19.4 Å². The Balaban J connectivity index is 1.90. The summed E-state index contributed by atoms with van der Waals surface area (Å²) in [6.45, 7) is 3.80. The zero-order chi connectivity index (χ0) is 20.3. The van der Waals surface area contributed by atoms with E-state index in [1.54, 1.807) is 37.4 Å². The van der Waals surface area contributed by atoms with Crippen LogP contribution in [0.25, 0.3) is 0 Å². The highest BCUT2D eigenvalue weighted by Gasteiger charge is 2.30. The summed E-state index contributed by atoms with van der Waals surface area (Å²) < 4.78 is 25.7. The predicted molar refractivity (Wildman–Crippen MR) is 113 cm³/mol. The standard InChI is InChI=1S/C20H22N4O3S/c1-4-15-9-5-6-10-17(15)21-13-16-14(2)22-24(20(16)25)19-12-8-7-11-18(19)23-28(3,26)27/h5-13,21,23H,4H2,1-3H3/b16-13+. The molecule has 3 rings (SSSR count). The number of nitrogens with zero attached hydrogens (tertiary/aromatic N) is 2. The van der Waals surface area contributed by atoms with Crippen molar-refractivity contribution in [2.75, 3.05) is 21.3 Å². The van der Waals surface area contributed by atoms with Gasteiger partial charge in [0.2, 0.25) is 10.0 Å². The first kappa shape index (κ1) is 19.6. The van der Waals surface area contributed by atoms with Crippen molar-refractivity contribution in [3.63, 3.8) is 0 Å². The third-order valence-electron chi connectivity index (χ3n) is 4.26. The van der Waals surface area contributed by atoms with Gasteiger partial charge in [-0.2, -0.15) is 10.1 Å². The Hall–Kier alpha value is -3.13. The molecule has 0 spiro atoms. The minimum atomic E-state index is -3.49. The molecule has 0 radical (unpaired) electrons. The van der Waals surface area contributed by atoms with Crippen molar-refractivity contribution in [3.05, 3.63) is 65.9 Å². The van der Waals surface area contributed by atoms with Crippen LogP contribution in [0.3, 0.4) is 0 Å². The van der Waals surface area contributed by atoms with Crippen LogP contribution in [0.4, 0.5) is 17.1 Å². The quantitative estimate of drug-likeness (QED) is 0.730. The van der Waals surface area contributed by atoms with Gasteiger partial charge < -0.3 is 5.32 Å². The second-order valence-electron chi connectivity index (χ2n) is 6.41. The van der Waals surface area contributed by atoms with Gasteiger partial charge >= 0.3 is 0 Å². The summed E-state index contributed by atoms with van der Waals surface area (Å²) in [6, 6.07) is 14.5. The van der Waals surface area contributed by atoms with E-state index in [0.717, 1.165) is 23.9 Å². The highest BCUT2D eigenvalue weighted by molar-refractivity contribution is 7.92. The third-order valence-corrected chi connectivity index (χ3v) is 4.85. The molecule has 8 heteroatoms. The van der Waals surface area contributed by atoms with E-state index in [-0.39, 0.29) is 5.91 Å². The number of carbonyl (C=O) groups is 1. The fourth-order valence-electron chi connectivity index (χ4n) is 2.91. The molecule has 0 aromatic heterocycles. The summed E-state index contributed by atoms with van der Waals surface area (Å²) in [7, 11) is -3.49. The van der Waals surface area contributed by atoms with Crippen molar-refractivity contribution < 1.29 is 13.2 Å². The van der Waals surface area contributed by atoms with Gasteiger partial charge in [0.15, 0.2) is 0 Å². The van der Waals surface area contributed by atoms with E-state index >= 15 is 0 Å². The van der Waals surface area contributed by atoms with Gasteiger partial charge in [-0.3, -0.25) is 9.52 Å². The highest BCUT2D eigenvalue weighted by atomic mass is 32.2. The number of nitrogens with one attached hydrogen (secondary N) is 2. The molecule has 1 aliphatic heterocycles. The van der Waals surface area contributed by atoms with Gasteiger partial charge in [-0.05, 0) is 37.1 Å². The minimum Gasteiger partial charge on any atom is -0.361 e. The van der Waals surface area contributed by atoms with Crippen molar-refractivity contribution in [1.82, 2.24) is 0 Å². The molecule has 0 aliphatic carbocycles.